The normalized spacial score (nSPS) is 11.9. The van der Waals surface area contributed by atoms with Crippen LogP contribution in [-0.4, -0.2) is 23.1 Å². The lowest BCUT2D eigenvalue weighted by Crippen LogP contribution is -2.23. The van der Waals surface area contributed by atoms with Crippen molar-refractivity contribution in [3.63, 3.8) is 0 Å². The highest BCUT2D eigenvalue weighted by molar-refractivity contribution is 7.16. The van der Waals surface area contributed by atoms with Crippen LogP contribution in [0.1, 0.15) is 17.3 Å². The minimum Gasteiger partial charge on any atom is -0.465 e. The number of aromatic nitrogens is 1. The quantitative estimate of drug-likeness (QED) is 0.473. The molecule has 0 aliphatic rings. The molecule has 0 saturated carbocycles. The summed E-state index contributed by atoms with van der Waals surface area (Å²) < 4.78 is 20.8. The Morgan fingerprint density at radius 2 is 1.86 bits per heavy atom. The zero-order valence-corrected chi connectivity index (χ0v) is 16.4. The summed E-state index contributed by atoms with van der Waals surface area (Å²) >= 11 is 1.15. The van der Waals surface area contributed by atoms with Crippen LogP contribution < -0.4 is 4.80 Å². The number of benzene rings is 3. The summed E-state index contributed by atoms with van der Waals surface area (Å²) in [5.41, 5.74) is 1.06. The van der Waals surface area contributed by atoms with E-state index in [1.54, 1.807) is 29.7 Å². The minimum absolute atomic E-state index is 0.108. The van der Waals surface area contributed by atoms with Crippen molar-refractivity contribution in [1.29, 1.82) is 0 Å². The maximum absolute atomic E-state index is 13.6. The zero-order chi connectivity index (χ0) is 20.4. The molecule has 4 rings (SSSR count). The molecule has 0 saturated heterocycles. The molecule has 0 aliphatic heterocycles. The smallest absolute Gasteiger partial charge is 0.326 e. The Balaban J connectivity index is 1.80. The van der Waals surface area contributed by atoms with Crippen LogP contribution in [0.2, 0.25) is 0 Å². The molecule has 5 nitrogen and oxygen atoms in total. The van der Waals surface area contributed by atoms with Crippen LogP contribution in [0.5, 0.6) is 0 Å². The average Bonchev–Trinajstić information content (AvgIpc) is 3.03. The van der Waals surface area contributed by atoms with Gasteiger partial charge in [-0.05, 0) is 48.0 Å². The van der Waals surface area contributed by atoms with E-state index in [0.717, 1.165) is 22.1 Å². The maximum Gasteiger partial charge on any atom is 0.326 e. The third kappa shape index (κ3) is 3.95. The van der Waals surface area contributed by atoms with Crippen LogP contribution in [0.25, 0.3) is 21.0 Å². The average molecular weight is 408 g/mol. The maximum atomic E-state index is 13.6. The summed E-state index contributed by atoms with van der Waals surface area (Å²) in [6.07, 6.45) is 0. The fraction of sp³-hybridized carbons (Fsp3) is 0.136. The summed E-state index contributed by atoms with van der Waals surface area (Å²) in [6, 6.07) is 17.3. The number of thiazole rings is 1. The number of hydrogen-bond donors (Lipinski definition) is 0. The molecular weight excluding hydrogens is 391 g/mol. The number of nitrogens with zero attached hydrogens (tertiary/aromatic N) is 2. The molecular formula is C22H17FN2O3S. The summed E-state index contributed by atoms with van der Waals surface area (Å²) in [5.74, 6) is -1.27. The van der Waals surface area contributed by atoms with E-state index in [4.69, 9.17) is 4.74 Å². The van der Waals surface area contributed by atoms with Gasteiger partial charge in [-0.2, -0.15) is 4.99 Å². The summed E-state index contributed by atoms with van der Waals surface area (Å²) in [4.78, 5) is 29.4. The van der Waals surface area contributed by atoms with Crippen molar-refractivity contribution in [3.8, 4) is 0 Å². The molecule has 1 amide bonds. The van der Waals surface area contributed by atoms with Crippen molar-refractivity contribution >= 4 is 44.2 Å². The van der Waals surface area contributed by atoms with Crippen molar-refractivity contribution in [1.82, 2.24) is 4.57 Å². The Kier molecular flexibility index (Phi) is 5.22. The van der Waals surface area contributed by atoms with E-state index in [9.17, 15) is 14.0 Å². The van der Waals surface area contributed by atoms with Gasteiger partial charge in [-0.1, -0.05) is 41.7 Å². The van der Waals surface area contributed by atoms with Crippen LogP contribution in [-0.2, 0) is 16.1 Å². The van der Waals surface area contributed by atoms with Crippen LogP contribution in [0.4, 0.5) is 4.39 Å². The second-order valence-corrected chi connectivity index (χ2v) is 7.38. The molecule has 29 heavy (non-hydrogen) atoms. The van der Waals surface area contributed by atoms with E-state index in [0.29, 0.717) is 20.6 Å². The summed E-state index contributed by atoms with van der Waals surface area (Å²) in [7, 11) is 0. The Bertz CT molecular complexity index is 1310. The first-order valence-corrected chi connectivity index (χ1v) is 9.89. The van der Waals surface area contributed by atoms with E-state index in [1.807, 2.05) is 30.3 Å². The molecule has 0 N–H and O–H groups in total. The zero-order valence-electron chi connectivity index (χ0n) is 15.6. The number of hydrogen-bond acceptors (Lipinski definition) is 4. The molecule has 0 bridgehead atoms. The van der Waals surface area contributed by atoms with Gasteiger partial charge in [-0.3, -0.25) is 9.59 Å². The second-order valence-electron chi connectivity index (χ2n) is 6.37. The van der Waals surface area contributed by atoms with Gasteiger partial charge in [0.05, 0.1) is 16.8 Å². The third-order valence-electron chi connectivity index (χ3n) is 4.43. The van der Waals surface area contributed by atoms with Crippen LogP contribution in [0.3, 0.4) is 0 Å². The molecule has 1 heterocycles. The highest BCUT2D eigenvalue weighted by Gasteiger charge is 2.13. The second kappa shape index (κ2) is 7.97. The molecule has 1 aromatic heterocycles. The molecule has 0 unspecified atom stereocenters. The number of ether oxygens (including phenoxy) is 1. The van der Waals surface area contributed by atoms with Gasteiger partial charge < -0.3 is 9.30 Å². The standard InChI is InChI=1S/C22H17FN2O3S/c1-2-28-20(26)13-25-18-10-9-17(23)12-19(18)29-22(25)24-21(27)16-8-7-14-5-3-4-6-15(14)11-16/h3-12H,2,13H2,1H3. The van der Waals surface area contributed by atoms with Crippen LogP contribution >= 0.6 is 11.3 Å². The van der Waals surface area contributed by atoms with Crippen molar-refractivity contribution in [2.24, 2.45) is 4.99 Å². The topological polar surface area (TPSA) is 60.7 Å². The Hall–Kier alpha value is -3.32. The first-order chi connectivity index (χ1) is 14.0. The molecule has 7 heteroatoms. The molecule has 0 aliphatic carbocycles. The first-order valence-electron chi connectivity index (χ1n) is 9.07. The van der Waals surface area contributed by atoms with Gasteiger partial charge in [0.1, 0.15) is 12.4 Å². The minimum atomic E-state index is -0.448. The number of halogens is 1. The van der Waals surface area contributed by atoms with Gasteiger partial charge in [0, 0.05) is 5.56 Å². The van der Waals surface area contributed by atoms with Gasteiger partial charge in [0.2, 0.25) is 0 Å². The SMILES string of the molecule is CCOC(=O)Cn1c(=NC(=O)c2ccc3ccccc3c2)sc2cc(F)ccc21. The van der Waals surface area contributed by atoms with Gasteiger partial charge in [0.25, 0.3) is 5.91 Å². The molecule has 0 fully saturated rings. The molecule has 0 atom stereocenters. The lowest BCUT2D eigenvalue weighted by atomic mass is 10.1. The largest absolute Gasteiger partial charge is 0.465 e. The van der Waals surface area contributed by atoms with Crippen molar-refractivity contribution in [3.05, 3.63) is 76.8 Å². The lowest BCUT2D eigenvalue weighted by Gasteiger charge is -2.05. The molecule has 4 aromatic rings. The van der Waals surface area contributed by atoms with E-state index >= 15 is 0 Å². The Morgan fingerprint density at radius 1 is 1.07 bits per heavy atom. The number of carbonyl (C=O) groups is 2. The van der Waals surface area contributed by atoms with Crippen LogP contribution in [0, 0.1) is 5.82 Å². The summed E-state index contributed by atoms with van der Waals surface area (Å²) in [6.45, 7) is 1.86. The molecule has 3 aromatic carbocycles. The van der Waals surface area contributed by atoms with E-state index < -0.39 is 17.7 Å². The van der Waals surface area contributed by atoms with Gasteiger partial charge in [0.15, 0.2) is 4.80 Å². The first kappa shape index (κ1) is 19.0. The summed E-state index contributed by atoms with van der Waals surface area (Å²) in [5, 5.41) is 1.96. The fourth-order valence-corrected chi connectivity index (χ4v) is 4.15. The molecule has 146 valence electrons. The highest BCUT2D eigenvalue weighted by Crippen LogP contribution is 2.20. The van der Waals surface area contributed by atoms with Crippen molar-refractivity contribution < 1.29 is 18.7 Å². The number of amides is 1. The molecule has 0 radical (unpaired) electrons. The number of rotatable bonds is 4. The highest BCUT2D eigenvalue weighted by atomic mass is 32.1. The lowest BCUT2D eigenvalue weighted by molar-refractivity contribution is -0.143. The Labute approximate surface area is 169 Å². The van der Waals surface area contributed by atoms with Gasteiger partial charge >= 0.3 is 5.97 Å². The van der Waals surface area contributed by atoms with E-state index in [-0.39, 0.29) is 13.2 Å². The van der Waals surface area contributed by atoms with Crippen molar-refractivity contribution in [2.45, 2.75) is 13.5 Å². The predicted molar refractivity (Wildman–Crippen MR) is 110 cm³/mol. The van der Waals surface area contributed by atoms with Crippen molar-refractivity contribution in [2.75, 3.05) is 6.61 Å². The monoisotopic (exact) mass is 408 g/mol. The van der Waals surface area contributed by atoms with E-state index in [1.165, 1.54) is 12.1 Å². The number of fused-ring (bicyclic) bond motifs is 2. The van der Waals surface area contributed by atoms with Gasteiger partial charge in [-0.15, -0.1) is 0 Å². The predicted octanol–water partition coefficient (Wildman–Crippen LogP) is 4.30. The van der Waals surface area contributed by atoms with Crippen LogP contribution in [0.15, 0.2) is 65.7 Å². The fourth-order valence-electron chi connectivity index (χ4n) is 3.09. The van der Waals surface area contributed by atoms with E-state index in [2.05, 4.69) is 4.99 Å². The Morgan fingerprint density at radius 3 is 2.66 bits per heavy atom. The third-order valence-corrected chi connectivity index (χ3v) is 5.47. The number of esters is 1. The number of carbonyl (C=O) groups excluding carboxylic acids is 2. The van der Waals surface area contributed by atoms with Gasteiger partial charge in [-0.25, -0.2) is 4.39 Å². The molecule has 0 spiro atoms.